The van der Waals surface area contributed by atoms with Crippen LogP contribution in [0.5, 0.6) is 11.5 Å². The molecule has 3 rings (SSSR count). The summed E-state index contributed by atoms with van der Waals surface area (Å²) >= 11 is 3.70. The molecule has 0 aliphatic carbocycles. The van der Waals surface area contributed by atoms with Crippen molar-refractivity contribution in [2.45, 2.75) is 32.6 Å². The molecule has 1 unspecified atom stereocenters. The van der Waals surface area contributed by atoms with Gasteiger partial charge in [-0.1, -0.05) is 29.8 Å². The van der Waals surface area contributed by atoms with Gasteiger partial charge in [0.25, 0.3) is 0 Å². The summed E-state index contributed by atoms with van der Waals surface area (Å²) in [5, 5.41) is 3.47. The second-order valence-electron chi connectivity index (χ2n) is 6.61. The molecular weight excluding hydrogens is 318 g/mol. The van der Waals surface area contributed by atoms with Crippen LogP contribution in [0.15, 0.2) is 16.6 Å². The molecule has 1 aromatic carbocycles. The van der Waals surface area contributed by atoms with Crippen LogP contribution in [0.25, 0.3) is 0 Å². The van der Waals surface area contributed by atoms with Crippen LogP contribution in [0.2, 0.25) is 0 Å². The van der Waals surface area contributed by atoms with Gasteiger partial charge in [-0.2, -0.15) is 0 Å². The Morgan fingerprint density at radius 2 is 1.90 bits per heavy atom. The molecule has 0 aromatic heterocycles. The number of halogens is 1. The average molecular weight is 340 g/mol. The second kappa shape index (κ2) is 5.57. The normalized spacial score (nSPS) is 25.1. The van der Waals surface area contributed by atoms with Crippen LogP contribution in [0.1, 0.15) is 38.2 Å². The fourth-order valence-electron chi connectivity index (χ4n) is 2.79. The Balaban J connectivity index is 1.89. The summed E-state index contributed by atoms with van der Waals surface area (Å²) in [6.07, 6.45) is 2.47. The summed E-state index contributed by atoms with van der Waals surface area (Å²) in [7, 11) is 0. The SMILES string of the molecule is CC1(C)COc2cc(Br)c(C3CCCNC3)cc2OC1. The second-order valence-corrected chi connectivity index (χ2v) is 7.46. The van der Waals surface area contributed by atoms with Gasteiger partial charge >= 0.3 is 0 Å². The van der Waals surface area contributed by atoms with E-state index in [9.17, 15) is 0 Å². The molecule has 1 aromatic rings. The largest absolute Gasteiger partial charge is 0.489 e. The molecular formula is C16H22BrNO2. The van der Waals surface area contributed by atoms with Gasteiger partial charge < -0.3 is 14.8 Å². The third-order valence-electron chi connectivity index (χ3n) is 4.04. The van der Waals surface area contributed by atoms with Crippen LogP contribution in [-0.4, -0.2) is 26.3 Å². The van der Waals surface area contributed by atoms with Crippen molar-refractivity contribution in [3.63, 3.8) is 0 Å². The lowest BCUT2D eigenvalue weighted by molar-refractivity contribution is 0.140. The maximum atomic E-state index is 5.98. The van der Waals surface area contributed by atoms with Crippen molar-refractivity contribution in [3.05, 3.63) is 22.2 Å². The zero-order valence-electron chi connectivity index (χ0n) is 12.2. The number of benzene rings is 1. The summed E-state index contributed by atoms with van der Waals surface area (Å²) < 4.78 is 13.0. The highest BCUT2D eigenvalue weighted by atomic mass is 79.9. The van der Waals surface area contributed by atoms with Crippen LogP contribution in [0.4, 0.5) is 0 Å². The zero-order chi connectivity index (χ0) is 14.2. The Kier molecular flexibility index (Phi) is 3.95. The quantitative estimate of drug-likeness (QED) is 0.845. The van der Waals surface area contributed by atoms with E-state index >= 15 is 0 Å². The third kappa shape index (κ3) is 2.96. The summed E-state index contributed by atoms with van der Waals surface area (Å²) in [5.74, 6) is 2.30. The smallest absolute Gasteiger partial charge is 0.162 e. The van der Waals surface area contributed by atoms with Crippen LogP contribution >= 0.6 is 15.9 Å². The predicted octanol–water partition coefficient (Wildman–Crippen LogP) is 3.71. The van der Waals surface area contributed by atoms with Crippen LogP contribution < -0.4 is 14.8 Å². The highest BCUT2D eigenvalue weighted by molar-refractivity contribution is 9.10. The van der Waals surface area contributed by atoms with Crippen molar-refractivity contribution in [2.24, 2.45) is 5.41 Å². The molecule has 1 saturated heterocycles. The van der Waals surface area contributed by atoms with E-state index in [0.717, 1.165) is 29.1 Å². The number of rotatable bonds is 1. The zero-order valence-corrected chi connectivity index (χ0v) is 13.8. The lowest BCUT2D eigenvalue weighted by Crippen LogP contribution is -2.28. The number of hydrogen-bond acceptors (Lipinski definition) is 3. The van der Waals surface area contributed by atoms with E-state index in [4.69, 9.17) is 9.47 Å². The molecule has 20 heavy (non-hydrogen) atoms. The van der Waals surface area contributed by atoms with Gasteiger partial charge in [0, 0.05) is 16.4 Å². The van der Waals surface area contributed by atoms with E-state index in [-0.39, 0.29) is 5.41 Å². The van der Waals surface area contributed by atoms with E-state index in [0.29, 0.717) is 19.1 Å². The van der Waals surface area contributed by atoms with Gasteiger partial charge in [0.05, 0.1) is 13.2 Å². The maximum Gasteiger partial charge on any atom is 0.162 e. The van der Waals surface area contributed by atoms with Gasteiger partial charge in [-0.25, -0.2) is 0 Å². The molecule has 1 N–H and O–H groups in total. The molecule has 0 spiro atoms. The van der Waals surface area contributed by atoms with Gasteiger partial charge in [-0.3, -0.25) is 0 Å². The third-order valence-corrected chi connectivity index (χ3v) is 4.72. The molecule has 0 amide bonds. The van der Waals surface area contributed by atoms with E-state index in [1.807, 2.05) is 0 Å². The first kappa shape index (κ1) is 14.2. The standard InChI is InChI=1S/C16H22BrNO2/c1-16(2)9-19-14-6-12(11-4-3-5-18-8-11)13(17)7-15(14)20-10-16/h6-7,11,18H,3-5,8-10H2,1-2H3. The minimum atomic E-state index is 0.0536. The lowest BCUT2D eigenvalue weighted by atomic mass is 9.91. The number of fused-ring (bicyclic) bond motifs is 1. The first-order valence-electron chi connectivity index (χ1n) is 7.35. The van der Waals surface area contributed by atoms with E-state index in [2.05, 4.69) is 47.2 Å². The molecule has 110 valence electrons. The molecule has 3 nitrogen and oxygen atoms in total. The van der Waals surface area contributed by atoms with E-state index in [1.54, 1.807) is 0 Å². The van der Waals surface area contributed by atoms with Gasteiger partial charge in [0.2, 0.25) is 0 Å². The molecule has 0 radical (unpaired) electrons. The van der Waals surface area contributed by atoms with Crippen molar-refractivity contribution in [1.29, 1.82) is 0 Å². The van der Waals surface area contributed by atoms with Crippen LogP contribution in [-0.2, 0) is 0 Å². The fraction of sp³-hybridized carbons (Fsp3) is 0.625. The fourth-order valence-corrected chi connectivity index (χ4v) is 3.44. The van der Waals surface area contributed by atoms with Crippen molar-refractivity contribution in [2.75, 3.05) is 26.3 Å². The Bertz CT molecular complexity index is 495. The van der Waals surface area contributed by atoms with Crippen LogP contribution in [0, 0.1) is 5.41 Å². The van der Waals surface area contributed by atoms with Gasteiger partial charge in [0.1, 0.15) is 0 Å². The Morgan fingerprint density at radius 3 is 2.55 bits per heavy atom. The Morgan fingerprint density at radius 1 is 1.20 bits per heavy atom. The molecule has 2 aliphatic heterocycles. The van der Waals surface area contributed by atoms with E-state index < -0.39 is 0 Å². The summed E-state index contributed by atoms with van der Waals surface area (Å²) in [4.78, 5) is 0. The Labute approximate surface area is 129 Å². The van der Waals surface area contributed by atoms with Gasteiger partial charge in [0.15, 0.2) is 11.5 Å². The number of ether oxygens (including phenoxy) is 2. The van der Waals surface area contributed by atoms with Gasteiger partial charge in [-0.05, 0) is 43.0 Å². The van der Waals surface area contributed by atoms with Crippen molar-refractivity contribution < 1.29 is 9.47 Å². The number of nitrogens with one attached hydrogen (secondary N) is 1. The molecule has 0 saturated carbocycles. The molecule has 0 bridgehead atoms. The summed E-state index contributed by atoms with van der Waals surface area (Å²) in [6.45, 7) is 7.90. The van der Waals surface area contributed by atoms with Crippen molar-refractivity contribution in [3.8, 4) is 11.5 Å². The first-order valence-corrected chi connectivity index (χ1v) is 8.14. The predicted molar refractivity (Wildman–Crippen MR) is 83.8 cm³/mol. The van der Waals surface area contributed by atoms with Gasteiger partial charge in [-0.15, -0.1) is 0 Å². The summed E-state index contributed by atoms with van der Waals surface area (Å²) in [6, 6.07) is 4.24. The lowest BCUT2D eigenvalue weighted by Gasteiger charge is -2.25. The summed E-state index contributed by atoms with van der Waals surface area (Å²) in [5.41, 5.74) is 1.39. The van der Waals surface area contributed by atoms with Crippen molar-refractivity contribution >= 4 is 15.9 Å². The number of piperidine rings is 1. The minimum absolute atomic E-state index is 0.0536. The number of hydrogen-bond donors (Lipinski definition) is 1. The highest BCUT2D eigenvalue weighted by Gasteiger charge is 2.27. The molecule has 4 heteroatoms. The maximum absolute atomic E-state index is 5.98. The average Bonchev–Trinajstić information content (AvgIpc) is 2.58. The Hall–Kier alpha value is -0.740. The van der Waals surface area contributed by atoms with Crippen molar-refractivity contribution in [1.82, 2.24) is 5.32 Å². The monoisotopic (exact) mass is 339 g/mol. The molecule has 2 heterocycles. The molecule has 1 fully saturated rings. The highest BCUT2D eigenvalue weighted by Crippen LogP contribution is 2.41. The molecule has 2 aliphatic rings. The minimum Gasteiger partial charge on any atom is -0.489 e. The topological polar surface area (TPSA) is 30.5 Å². The van der Waals surface area contributed by atoms with Crippen LogP contribution in [0.3, 0.4) is 0 Å². The molecule has 1 atom stereocenters. The van der Waals surface area contributed by atoms with E-state index in [1.165, 1.54) is 18.4 Å². The first-order chi connectivity index (χ1) is 9.55.